The van der Waals surface area contributed by atoms with E-state index in [4.69, 9.17) is 4.42 Å². The van der Waals surface area contributed by atoms with Crippen molar-refractivity contribution in [3.63, 3.8) is 0 Å². The fourth-order valence-electron chi connectivity index (χ4n) is 2.58. The van der Waals surface area contributed by atoms with Crippen molar-refractivity contribution in [2.75, 3.05) is 6.54 Å². The first-order valence-electron chi connectivity index (χ1n) is 8.11. The summed E-state index contributed by atoms with van der Waals surface area (Å²) < 4.78 is 6.89. The lowest BCUT2D eigenvalue weighted by Gasteiger charge is -2.17. The van der Waals surface area contributed by atoms with Crippen LogP contribution in [0.4, 0.5) is 0 Å². The Balaban J connectivity index is 2.33. The number of carbonyl (C=O) groups excluding carboxylic acids is 1. The van der Waals surface area contributed by atoms with Crippen molar-refractivity contribution in [2.24, 2.45) is 5.92 Å². The molecule has 2 aromatic heterocycles. The van der Waals surface area contributed by atoms with Gasteiger partial charge in [-0.05, 0) is 32.6 Å². The average molecular weight is 319 g/mol. The molecule has 1 amide bonds. The molecule has 23 heavy (non-hydrogen) atoms. The van der Waals surface area contributed by atoms with Crippen LogP contribution in [0.3, 0.4) is 0 Å². The van der Waals surface area contributed by atoms with E-state index in [1.807, 2.05) is 13.8 Å². The molecule has 0 spiro atoms. The van der Waals surface area contributed by atoms with Crippen LogP contribution in [0.2, 0.25) is 0 Å². The summed E-state index contributed by atoms with van der Waals surface area (Å²) in [4.78, 5) is 29.3. The van der Waals surface area contributed by atoms with Gasteiger partial charge in [0.15, 0.2) is 0 Å². The number of aryl methyl sites for hydroxylation is 2. The molecule has 0 radical (unpaired) electrons. The maximum atomic E-state index is 12.7. The van der Waals surface area contributed by atoms with E-state index >= 15 is 0 Å². The summed E-state index contributed by atoms with van der Waals surface area (Å²) in [6.45, 7) is 10.3. The first-order chi connectivity index (χ1) is 10.9. The molecule has 0 aliphatic carbocycles. The molecule has 2 heterocycles. The number of furan rings is 1. The maximum Gasteiger partial charge on any atom is 0.265 e. The third-order valence-electron chi connectivity index (χ3n) is 4.16. The molecule has 0 saturated carbocycles. The quantitative estimate of drug-likeness (QED) is 0.888. The molecular formula is C17H25N3O3. The van der Waals surface area contributed by atoms with Crippen LogP contribution < -0.4 is 10.9 Å². The summed E-state index contributed by atoms with van der Waals surface area (Å²) in [5, 5.41) is 3.37. The molecule has 0 saturated heterocycles. The summed E-state index contributed by atoms with van der Waals surface area (Å²) in [6.07, 6.45) is 2.84. The standard InChI is InChI=1S/C17H25N3O3/c1-6-13(15(21)18-8-7-10(2)3)20-9-19-16-14(17(20)22)11(4)12(5)23-16/h9-10,13H,6-8H2,1-5H3,(H,18,21)/t13-/m0/s1. The Bertz CT molecular complexity index is 758. The number of hydrogen-bond donors (Lipinski definition) is 1. The topological polar surface area (TPSA) is 77.1 Å². The average Bonchev–Trinajstić information content (AvgIpc) is 2.77. The van der Waals surface area contributed by atoms with E-state index in [-0.39, 0.29) is 11.5 Å². The number of nitrogens with one attached hydrogen (secondary N) is 1. The van der Waals surface area contributed by atoms with Gasteiger partial charge in [0.25, 0.3) is 5.56 Å². The largest absolute Gasteiger partial charge is 0.443 e. The summed E-state index contributed by atoms with van der Waals surface area (Å²) in [5.74, 6) is 1.05. The SMILES string of the molecule is CC[C@@H](C(=O)NCCC(C)C)n1cnc2oc(C)c(C)c2c1=O. The molecule has 2 rings (SSSR count). The van der Waals surface area contributed by atoms with Gasteiger partial charge in [0.2, 0.25) is 11.6 Å². The van der Waals surface area contributed by atoms with Crippen molar-refractivity contribution >= 4 is 17.0 Å². The third kappa shape index (κ3) is 3.46. The maximum absolute atomic E-state index is 12.7. The van der Waals surface area contributed by atoms with E-state index in [2.05, 4.69) is 24.1 Å². The molecule has 0 aliphatic heterocycles. The van der Waals surface area contributed by atoms with Crippen molar-refractivity contribution in [1.82, 2.24) is 14.9 Å². The van der Waals surface area contributed by atoms with Crippen molar-refractivity contribution in [3.8, 4) is 0 Å². The summed E-state index contributed by atoms with van der Waals surface area (Å²) in [7, 11) is 0. The molecule has 6 heteroatoms. The number of hydrogen-bond acceptors (Lipinski definition) is 4. The van der Waals surface area contributed by atoms with E-state index in [9.17, 15) is 9.59 Å². The highest BCUT2D eigenvalue weighted by molar-refractivity contribution is 5.81. The third-order valence-corrected chi connectivity index (χ3v) is 4.16. The van der Waals surface area contributed by atoms with E-state index < -0.39 is 6.04 Å². The smallest absolute Gasteiger partial charge is 0.265 e. The van der Waals surface area contributed by atoms with Gasteiger partial charge < -0.3 is 9.73 Å². The normalized spacial score (nSPS) is 12.8. The molecule has 1 atom stereocenters. The van der Waals surface area contributed by atoms with Crippen LogP contribution in [0.5, 0.6) is 0 Å². The number of amides is 1. The molecule has 0 bridgehead atoms. The minimum Gasteiger partial charge on any atom is -0.443 e. The van der Waals surface area contributed by atoms with Crippen molar-refractivity contribution < 1.29 is 9.21 Å². The van der Waals surface area contributed by atoms with Gasteiger partial charge in [0, 0.05) is 12.1 Å². The van der Waals surface area contributed by atoms with Gasteiger partial charge in [-0.3, -0.25) is 14.2 Å². The minimum atomic E-state index is -0.554. The molecule has 0 aromatic carbocycles. The lowest BCUT2D eigenvalue weighted by Crippen LogP contribution is -2.37. The molecule has 0 unspecified atom stereocenters. The summed E-state index contributed by atoms with van der Waals surface area (Å²) in [6, 6.07) is -0.554. The van der Waals surface area contributed by atoms with E-state index in [0.29, 0.717) is 35.7 Å². The first-order valence-corrected chi connectivity index (χ1v) is 8.11. The van der Waals surface area contributed by atoms with Crippen LogP contribution in [-0.2, 0) is 4.79 Å². The van der Waals surface area contributed by atoms with Crippen LogP contribution in [-0.4, -0.2) is 22.0 Å². The van der Waals surface area contributed by atoms with Gasteiger partial charge in [0.05, 0.1) is 0 Å². The summed E-state index contributed by atoms with van der Waals surface area (Å²) in [5.41, 5.74) is 0.883. The van der Waals surface area contributed by atoms with Crippen LogP contribution in [0.1, 0.15) is 51.0 Å². The number of carbonyl (C=O) groups is 1. The lowest BCUT2D eigenvalue weighted by atomic mass is 10.1. The highest BCUT2D eigenvalue weighted by Crippen LogP contribution is 2.20. The summed E-state index contributed by atoms with van der Waals surface area (Å²) >= 11 is 0. The molecule has 6 nitrogen and oxygen atoms in total. The Morgan fingerprint density at radius 3 is 2.70 bits per heavy atom. The van der Waals surface area contributed by atoms with Crippen molar-refractivity contribution in [3.05, 3.63) is 28.0 Å². The van der Waals surface area contributed by atoms with Crippen LogP contribution >= 0.6 is 0 Å². The fourth-order valence-corrected chi connectivity index (χ4v) is 2.58. The zero-order valence-corrected chi connectivity index (χ0v) is 14.5. The molecule has 2 aromatic rings. The van der Waals surface area contributed by atoms with E-state index in [0.717, 1.165) is 12.0 Å². The van der Waals surface area contributed by atoms with Crippen LogP contribution in [0.15, 0.2) is 15.5 Å². The predicted octanol–water partition coefficient (Wildman–Crippen LogP) is 2.72. The number of fused-ring (bicyclic) bond motifs is 1. The predicted molar refractivity (Wildman–Crippen MR) is 89.5 cm³/mol. The van der Waals surface area contributed by atoms with Gasteiger partial charge in [0.1, 0.15) is 23.5 Å². The number of rotatable bonds is 6. The molecule has 1 N–H and O–H groups in total. The second-order valence-corrected chi connectivity index (χ2v) is 6.32. The Morgan fingerprint density at radius 2 is 2.09 bits per heavy atom. The Kier molecular flexibility index (Phi) is 5.23. The van der Waals surface area contributed by atoms with E-state index in [1.165, 1.54) is 10.9 Å². The van der Waals surface area contributed by atoms with Crippen molar-refractivity contribution in [2.45, 2.75) is 53.5 Å². The molecular weight excluding hydrogens is 294 g/mol. The molecule has 0 fully saturated rings. The second-order valence-electron chi connectivity index (χ2n) is 6.32. The van der Waals surface area contributed by atoms with E-state index in [1.54, 1.807) is 6.92 Å². The monoisotopic (exact) mass is 319 g/mol. The molecule has 126 valence electrons. The minimum absolute atomic E-state index is 0.144. The highest BCUT2D eigenvalue weighted by atomic mass is 16.3. The van der Waals surface area contributed by atoms with Gasteiger partial charge in [-0.1, -0.05) is 20.8 Å². The van der Waals surface area contributed by atoms with Crippen LogP contribution in [0, 0.1) is 19.8 Å². The van der Waals surface area contributed by atoms with Crippen LogP contribution in [0.25, 0.3) is 11.1 Å². The Labute approximate surface area is 135 Å². The zero-order chi connectivity index (χ0) is 17.1. The van der Waals surface area contributed by atoms with Gasteiger partial charge >= 0.3 is 0 Å². The highest BCUT2D eigenvalue weighted by Gasteiger charge is 2.22. The molecule has 0 aliphatic rings. The Morgan fingerprint density at radius 1 is 1.39 bits per heavy atom. The first kappa shape index (κ1) is 17.2. The number of nitrogens with zero attached hydrogens (tertiary/aromatic N) is 2. The van der Waals surface area contributed by atoms with Gasteiger partial charge in [-0.2, -0.15) is 0 Å². The van der Waals surface area contributed by atoms with Crippen molar-refractivity contribution in [1.29, 1.82) is 0 Å². The van der Waals surface area contributed by atoms with Gasteiger partial charge in [-0.25, -0.2) is 4.98 Å². The fraction of sp³-hybridized carbons (Fsp3) is 0.588. The van der Waals surface area contributed by atoms with Gasteiger partial charge in [-0.15, -0.1) is 0 Å². The Hall–Kier alpha value is -2.11. The lowest BCUT2D eigenvalue weighted by molar-refractivity contribution is -0.124. The zero-order valence-electron chi connectivity index (χ0n) is 14.5. The second kappa shape index (κ2) is 6.98. The number of aromatic nitrogens is 2.